The predicted molar refractivity (Wildman–Crippen MR) is 115 cm³/mol. The number of carbonyl (C=O) groups is 1. The lowest BCUT2D eigenvalue weighted by Gasteiger charge is -2.15. The zero-order valence-corrected chi connectivity index (χ0v) is 17.6. The van der Waals surface area contributed by atoms with Crippen LogP contribution in [0, 0.1) is 0 Å². The molecule has 0 atom stereocenters. The summed E-state index contributed by atoms with van der Waals surface area (Å²) in [7, 11) is 0. The second kappa shape index (κ2) is 9.56. The predicted octanol–water partition coefficient (Wildman–Crippen LogP) is 6.41. The van der Waals surface area contributed by atoms with Gasteiger partial charge < -0.3 is 9.47 Å². The number of carbonyl (C=O) groups excluding carboxylic acids is 1. The second-order valence-electron chi connectivity index (χ2n) is 6.81. The van der Waals surface area contributed by atoms with E-state index in [0.29, 0.717) is 23.7 Å². The highest BCUT2D eigenvalue weighted by atomic mass is 79.9. The Balaban J connectivity index is 1.72. The molecular formula is C24H23BrO3. The normalized spacial score (nSPS) is 10.7. The van der Waals surface area contributed by atoms with Crippen LogP contribution in [0.25, 0.3) is 0 Å². The third kappa shape index (κ3) is 5.23. The standard InChI is InChI=1S/C24H23BrO3/c1-17(2)21-16-19(25)12-13-23(21)28-24(26)20-10-6-7-11-22(20)27-15-14-18-8-4-3-5-9-18/h3-13,16-17H,14-15H2,1-2H3. The van der Waals surface area contributed by atoms with Gasteiger partial charge in [-0.25, -0.2) is 4.79 Å². The van der Waals surface area contributed by atoms with Crippen molar-refractivity contribution in [2.45, 2.75) is 26.2 Å². The molecule has 0 bridgehead atoms. The fraction of sp³-hybridized carbons (Fsp3) is 0.208. The molecule has 0 radical (unpaired) electrons. The van der Waals surface area contributed by atoms with Crippen molar-refractivity contribution in [2.24, 2.45) is 0 Å². The van der Waals surface area contributed by atoms with Gasteiger partial charge in [0.25, 0.3) is 0 Å². The van der Waals surface area contributed by atoms with Gasteiger partial charge in [-0.1, -0.05) is 72.2 Å². The van der Waals surface area contributed by atoms with Gasteiger partial charge in [0.05, 0.1) is 6.61 Å². The average molecular weight is 439 g/mol. The highest BCUT2D eigenvalue weighted by Crippen LogP contribution is 2.31. The highest BCUT2D eigenvalue weighted by Gasteiger charge is 2.17. The van der Waals surface area contributed by atoms with Gasteiger partial charge in [0.2, 0.25) is 0 Å². The second-order valence-corrected chi connectivity index (χ2v) is 7.72. The summed E-state index contributed by atoms with van der Waals surface area (Å²) >= 11 is 3.47. The smallest absolute Gasteiger partial charge is 0.347 e. The number of halogens is 1. The van der Waals surface area contributed by atoms with E-state index in [4.69, 9.17) is 9.47 Å². The van der Waals surface area contributed by atoms with Crippen molar-refractivity contribution in [3.8, 4) is 11.5 Å². The fourth-order valence-electron chi connectivity index (χ4n) is 2.90. The molecule has 0 N–H and O–H groups in total. The first-order valence-electron chi connectivity index (χ1n) is 9.32. The molecule has 28 heavy (non-hydrogen) atoms. The van der Waals surface area contributed by atoms with Gasteiger partial charge in [0.1, 0.15) is 17.1 Å². The summed E-state index contributed by atoms with van der Waals surface area (Å²) in [4.78, 5) is 12.8. The van der Waals surface area contributed by atoms with Gasteiger partial charge in [-0.2, -0.15) is 0 Å². The number of esters is 1. The molecule has 3 rings (SSSR count). The Morgan fingerprint density at radius 1 is 0.929 bits per heavy atom. The van der Waals surface area contributed by atoms with Gasteiger partial charge in [-0.3, -0.25) is 0 Å². The molecule has 3 aromatic carbocycles. The Morgan fingerprint density at radius 2 is 1.64 bits per heavy atom. The molecule has 4 heteroatoms. The lowest BCUT2D eigenvalue weighted by Crippen LogP contribution is -2.13. The minimum Gasteiger partial charge on any atom is -0.492 e. The molecule has 0 aliphatic carbocycles. The zero-order valence-electron chi connectivity index (χ0n) is 16.0. The summed E-state index contributed by atoms with van der Waals surface area (Å²) in [5.41, 5.74) is 2.59. The van der Waals surface area contributed by atoms with Crippen molar-refractivity contribution in [2.75, 3.05) is 6.61 Å². The first-order valence-corrected chi connectivity index (χ1v) is 10.1. The Bertz CT molecular complexity index is 936. The molecule has 3 nitrogen and oxygen atoms in total. The van der Waals surface area contributed by atoms with Crippen LogP contribution < -0.4 is 9.47 Å². The first kappa shape index (κ1) is 20.2. The van der Waals surface area contributed by atoms with E-state index in [2.05, 4.69) is 41.9 Å². The number of hydrogen-bond acceptors (Lipinski definition) is 3. The highest BCUT2D eigenvalue weighted by molar-refractivity contribution is 9.10. The summed E-state index contributed by atoms with van der Waals surface area (Å²) < 4.78 is 12.6. The molecule has 0 saturated carbocycles. The topological polar surface area (TPSA) is 35.5 Å². The van der Waals surface area contributed by atoms with Crippen LogP contribution in [0.4, 0.5) is 0 Å². The summed E-state index contributed by atoms with van der Waals surface area (Å²) in [5.74, 6) is 0.922. The van der Waals surface area contributed by atoms with Gasteiger partial charge in [0, 0.05) is 10.9 Å². The van der Waals surface area contributed by atoms with Gasteiger partial charge in [0.15, 0.2) is 0 Å². The number of para-hydroxylation sites is 1. The maximum absolute atomic E-state index is 12.8. The van der Waals surface area contributed by atoms with Crippen molar-refractivity contribution in [1.29, 1.82) is 0 Å². The third-order valence-electron chi connectivity index (χ3n) is 4.39. The van der Waals surface area contributed by atoms with E-state index in [1.165, 1.54) is 5.56 Å². The molecule has 3 aromatic rings. The molecule has 0 amide bonds. The zero-order chi connectivity index (χ0) is 19.9. The Morgan fingerprint density at radius 3 is 2.39 bits per heavy atom. The Hall–Kier alpha value is -2.59. The van der Waals surface area contributed by atoms with Crippen molar-refractivity contribution in [1.82, 2.24) is 0 Å². The molecule has 0 unspecified atom stereocenters. The van der Waals surface area contributed by atoms with E-state index in [-0.39, 0.29) is 5.92 Å². The van der Waals surface area contributed by atoms with E-state index >= 15 is 0 Å². The van der Waals surface area contributed by atoms with Crippen LogP contribution in [-0.4, -0.2) is 12.6 Å². The molecule has 144 valence electrons. The van der Waals surface area contributed by atoms with Crippen molar-refractivity contribution in [3.05, 3.63) is 94.0 Å². The van der Waals surface area contributed by atoms with Crippen LogP contribution in [0.15, 0.2) is 77.3 Å². The van der Waals surface area contributed by atoms with Crippen LogP contribution in [0.1, 0.15) is 41.3 Å². The summed E-state index contributed by atoms with van der Waals surface area (Å²) in [6, 6.07) is 23.0. The van der Waals surface area contributed by atoms with Crippen molar-refractivity contribution in [3.63, 3.8) is 0 Å². The van der Waals surface area contributed by atoms with Crippen molar-refractivity contribution < 1.29 is 14.3 Å². The quantitative estimate of drug-likeness (QED) is 0.315. The van der Waals surface area contributed by atoms with Crippen LogP contribution in [0.5, 0.6) is 11.5 Å². The van der Waals surface area contributed by atoms with Gasteiger partial charge in [-0.15, -0.1) is 0 Å². The summed E-state index contributed by atoms with van der Waals surface area (Å²) in [6.45, 7) is 4.63. The number of rotatable bonds is 7. The average Bonchev–Trinajstić information content (AvgIpc) is 2.70. The minimum absolute atomic E-state index is 0.234. The maximum Gasteiger partial charge on any atom is 0.347 e. The Kier molecular flexibility index (Phi) is 6.88. The number of hydrogen-bond donors (Lipinski definition) is 0. The summed E-state index contributed by atoms with van der Waals surface area (Å²) in [5, 5.41) is 0. The molecule has 0 aliphatic rings. The monoisotopic (exact) mass is 438 g/mol. The summed E-state index contributed by atoms with van der Waals surface area (Å²) in [6.07, 6.45) is 0.772. The molecular weight excluding hydrogens is 416 g/mol. The van der Waals surface area contributed by atoms with E-state index < -0.39 is 5.97 Å². The van der Waals surface area contributed by atoms with E-state index in [0.717, 1.165) is 16.5 Å². The SMILES string of the molecule is CC(C)c1cc(Br)ccc1OC(=O)c1ccccc1OCCc1ccccc1. The van der Waals surface area contributed by atoms with Gasteiger partial charge in [-0.05, 0) is 47.4 Å². The van der Waals surface area contributed by atoms with E-state index in [9.17, 15) is 4.79 Å². The molecule has 0 heterocycles. The lowest BCUT2D eigenvalue weighted by atomic mass is 10.0. The first-order chi connectivity index (χ1) is 13.5. The maximum atomic E-state index is 12.8. The van der Waals surface area contributed by atoms with Crippen LogP contribution in [-0.2, 0) is 6.42 Å². The van der Waals surface area contributed by atoms with Crippen LogP contribution in [0.3, 0.4) is 0 Å². The molecule has 0 spiro atoms. The minimum atomic E-state index is -0.417. The third-order valence-corrected chi connectivity index (χ3v) is 4.89. The lowest BCUT2D eigenvalue weighted by molar-refractivity contribution is 0.0728. The Labute approximate surface area is 174 Å². The van der Waals surface area contributed by atoms with E-state index in [1.54, 1.807) is 12.1 Å². The molecule has 0 fully saturated rings. The largest absolute Gasteiger partial charge is 0.492 e. The van der Waals surface area contributed by atoms with Gasteiger partial charge >= 0.3 is 5.97 Å². The molecule has 0 saturated heterocycles. The van der Waals surface area contributed by atoms with E-state index in [1.807, 2.05) is 48.5 Å². The molecule has 0 aliphatic heterocycles. The molecule has 0 aromatic heterocycles. The van der Waals surface area contributed by atoms with Crippen LogP contribution >= 0.6 is 15.9 Å². The number of ether oxygens (including phenoxy) is 2. The van der Waals surface area contributed by atoms with Crippen molar-refractivity contribution >= 4 is 21.9 Å². The fourth-order valence-corrected chi connectivity index (χ4v) is 3.28. The van der Waals surface area contributed by atoms with Crippen LogP contribution in [0.2, 0.25) is 0 Å². The number of benzene rings is 3.